The number of aryl methyl sites for hydroxylation is 1. The molecule has 4 rings (SSSR count). The Kier molecular flexibility index (Phi) is 9.47. The van der Waals surface area contributed by atoms with Crippen LogP contribution in [0.4, 0.5) is 0 Å². The Labute approximate surface area is 203 Å². The van der Waals surface area contributed by atoms with Crippen molar-refractivity contribution in [1.82, 2.24) is 9.97 Å². The molecule has 1 aromatic heterocycles. The van der Waals surface area contributed by atoms with E-state index in [0.717, 1.165) is 80.7 Å². The van der Waals surface area contributed by atoms with Crippen LogP contribution in [0.5, 0.6) is 5.75 Å². The number of rotatable bonds is 12. The predicted octanol–water partition coefficient (Wildman–Crippen LogP) is 6.76. The molecule has 0 spiro atoms. The summed E-state index contributed by atoms with van der Waals surface area (Å²) in [7, 11) is 0. The highest BCUT2D eigenvalue weighted by Gasteiger charge is 2.15. The quantitative estimate of drug-likeness (QED) is 0.280. The molecular formula is C29H36N2O3. The summed E-state index contributed by atoms with van der Waals surface area (Å²) in [5.41, 5.74) is 3.34. The van der Waals surface area contributed by atoms with E-state index in [1.54, 1.807) is 0 Å². The third-order valence-electron chi connectivity index (χ3n) is 6.19. The zero-order valence-electron chi connectivity index (χ0n) is 20.2. The van der Waals surface area contributed by atoms with E-state index in [2.05, 4.69) is 53.3 Å². The highest BCUT2D eigenvalue weighted by atomic mass is 16.7. The summed E-state index contributed by atoms with van der Waals surface area (Å²) in [5, 5.41) is 0. The third kappa shape index (κ3) is 7.93. The normalized spacial score (nSPS) is 16.8. The fourth-order valence-corrected chi connectivity index (χ4v) is 4.10. The fraction of sp³-hybridized carbons (Fsp3) is 0.448. The highest BCUT2D eigenvalue weighted by Crippen LogP contribution is 2.24. The summed E-state index contributed by atoms with van der Waals surface area (Å²) < 4.78 is 17.5. The van der Waals surface area contributed by atoms with Crippen LogP contribution in [0.15, 0.2) is 67.0 Å². The lowest BCUT2D eigenvalue weighted by Gasteiger charge is -2.23. The zero-order chi connectivity index (χ0) is 23.4. The Morgan fingerprint density at radius 3 is 2.44 bits per heavy atom. The first-order chi connectivity index (χ1) is 16.8. The molecule has 2 aromatic carbocycles. The monoisotopic (exact) mass is 460 g/mol. The van der Waals surface area contributed by atoms with Crippen molar-refractivity contribution in [2.75, 3.05) is 6.61 Å². The molecule has 1 saturated heterocycles. The molecule has 180 valence electrons. The molecule has 0 bridgehead atoms. The van der Waals surface area contributed by atoms with E-state index in [4.69, 9.17) is 14.2 Å². The zero-order valence-corrected chi connectivity index (χ0v) is 20.2. The van der Waals surface area contributed by atoms with Crippen molar-refractivity contribution in [2.24, 2.45) is 0 Å². The molecule has 2 heterocycles. The number of benzene rings is 2. The molecule has 2 unspecified atom stereocenters. The molecule has 1 fully saturated rings. The lowest BCUT2D eigenvalue weighted by atomic mass is 10.1. The molecule has 0 aliphatic carbocycles. The molecular weight excluding hydrogens is 424 g/mol. The van der Waals surface area contributed by atoms with Crippen LogP contribution in [-0.2, 0) is 22.5 Å². The number of unbranched alkanes of at least 4 members (excludes halogenated alkanes) is 2. The molecule has 2 atom stereocenters. The van der Waals surface area contributed by atoms with Gasteiger partial charge in [0, 0.05) is 30.8 Å². The van der Waals surface area contributed by atoms with Crippen LogP contribution < -0.4 is 4.74 Å². The molecule has 5 nitrogen and oxygen atoms in total. The van der Waals surface area contributed by atoms with Gasteiger partial charge in [-0.1, -0.05) is 55.3 Å². The minimum absolute atomic E-state index is 0.118. The van der Waals surface area contributed by atoms with Crippen molar-refractivity contribution in [3.05, 3.63) is 78.4 Å². The number of aromatic nitrogens is 2. The summed E-state index contributed by atoms with van der Waals surface area (Å²) in [5.74, 6) is 1.75. The van der Waals surface area contributed by atoms with E-state index >= 15 is 0 Å². The van der Waals surface area contributed by atoms with E-state index in [9.17, 15) is 0 Å². The van der Waals surface area contributed by atoms with Gasteiger partial charge in [0.15, 0.2) is 6.29 Å². The van der Waals surface area contributed by atoms with Crippen LogP contribution in [0, 0.1) is 0 Å². The van der Waals surface area contributed by atoms with Crippen molar-refractivity contribution < 1.29 is 14.2 Å². The fourth-order valence-electron chi connectivity index (χ4n) is 4.10. The van der Waals surface area contributed by atoms with Gasteiger partial charge in [-0.3, -0.25) is 0 Å². The van der Waals surface area contributed by atoms with Crippen molar-refractivity contribution in [1.29, 1.82) is 0 Å². The van der Waals surface area contributed by atoms with Gasteiger partial charge >= 0.3 is 0 Å². The minimum Gasteiger partial charge on any atom is -0.465 e. The standard InChI is InChI=1S/C29H36N2O3/c1-23(33-22-24-11-5-3-6-12-24)10-4-2-7-13-28-30-20-26(21-31-28)25-15-17-27(18-16-25)34-29-14-8-9-19-32-29/h3,5-6,11-12,15-18,20-21,23,29H,2,4,7-10,13-14,19,22H2,1H3. The topological polar surface area (TPSA) is 53.5 Å². The van der Waals surface area contributed by atoms with E-state index in [1.165, 1.54) is 5.56 Å². The van der Waals surface area contributed by atoms with Crippen molar-refractivity contribution in [2.45, 2.75) is 77.3 Å². The summed E-state index contributed by atoms with van der Waals surface area (Å²) in [4.78, 5) is 9.16. The summed E-state index contributed by atoms with van der Waals surface area (Å²) >= 11 is 0. The Bertz CT molecular complexity index is 955. The summed E-state index contributed by atoms with van der Waals surface area (Å²) in [6.45, 7) is 3.63. The van der Waals surface area contributed by atoms with Gasteiger partial charge < -0.3 is 14.2 Å². The molecule has 0 amide bonds. The van der Waals surface area contributed by atoms with Crippen LogP contribution >= 0.6 is 0 Å². The first kappa shape index (κ1) is 24.4. The Morgan fingerprint density at radius 2 is 1.71 bits per heavy atom. The van der Waals surface area contributed by atoms with Crippen LogP contribution in [0.2, 0.25) is 0 Å². The summed E-state index contributed by atoms with van der Waals surface area (Å²) in [6, 6.07) is 18.4. The first-order valence-corrected chi connectivity index (χ1v) is 12.6. The number of hydrogen-bond donors (Lipinski definition) is 0. The van der Waals surface area contributed by atoms with Gasteiger partial charge in [-0.05, 0) is 55.9 Å². The van der Waals surface area contributed by atoms with E-state index in [1.807, 2.05) is 30.6 Å². The van der Waals surface area contributed by atoms with E-state index in [-0.39, 0.29) is 12.4 Å². The molecule has 0 saturated carbocycles. The van der Waals surface area contributed by atoms with E-state index in [0.29, 0.717) is 6.61 Å². The van der Waals surface area contributed by atoms with Gasteiger partial charge in [-0.15, -0.1) is 0 Å². The lowest BCUT2D eigenvalue weighted by molar-refractivity contribution is -0.105. The maximum Gasteiger partial charge on any atom is 0.199 e. The van der Waals surface area contributed by atoms with Crippen molar-refractivity contribution in [3.63, 3.8) is 0 Å². The predicted molar refractivity (Wildman–Crippen MR) is 135 cm³/mol. The number of hydrogen-bond acceptors (Lipinski definition) is 5. The smallest absolute Gasteiger partial charge is 0.199 e. The second kappa shape index (κ2) is 13.2. The second-order valence-electron chi connectivity index (χ2n) is 9.03. The van der Waals surface area contributed by atoms with Crippen molar-refractivity contribution in [3.8, 4) is 16.9 Å². The van der Waals surface area contributed by atoms with Gasteiger partial charge in [0.1, 0.15) is 11.6 Å². The molecule has 1 aliphatic rings. The number of ether oxygens (including phenoxy) is 3. The average Bonchev–Trinajstić information content (AvgIpc) is 2.89. The highest BCUT2D eigenvalue weighted by molar-refractivity contribution is 5.62. The molecule has 1 aliphatic heterocycles. The van der Waals surface area contributed by atoms with Gasteiger partial charge in [-0.2, -0.15) is 0 Å². The largest absolute Gasteiger partial charge is 0.465 e. The molecule has 0 N–H and O–H groups in total. The van der Waals surface area contributed by atoms with Gasteiger partial charge in [0.05, 0.1) is 19.3 Å². The van der Waals surface area contributed by atoms with Crippen molar-refractivity contribution >= 4 is 0 Å². The first-order valence-electron chi connectivity index (χ1n) is 12.6. The lowest BCUT2D eigenvalue weighted by Crippen LogP contribution is -2.24. The third-order valence-corrected chi connectivity index (χ3v) is 6.19. The molecule has 3 aromatic rings. The molecule has 5 heteroatoms. The number of nitrogens with zero attached hydrogens (tertiary/aromatic N) is 2. The van der Waals surface area contributed by atoms with Crippen LogP contribution in [0.3, 0.4) is 0 Å². The van der Waals surface area contributed by atoms with Crippen LogP contribution in [0.25, 0.3) is 11.1 Å². The summed E-state index contributed by atoms with van der Waals surface area (Å²) in [6.07, 6.45) is 12.7. The second-order valence-corrected chi connectivity index (χ2v) is 9.03. The Morgan fingerprint density at radius 1 is 0.912 bits per heavy atom. The maximum absolute atomic E-state index is 5.95. The van der Waals surface area contributed by atoms with Gasteiger partial charge in [0.25, 0.3) is 0 Å². The molecule has 34 heavy (non-hydrogen) atoms. The molecule has 0 radical (unpaired) electrons. The Hall–Kier alpha value is -2.76. The van der Waals surface area contributed by atoms with Crippen LogP contribution in [-0.4, -0.2) is 29.0 Å². The van der Waals surface area contributed by atoms with Gasteiger partial charge in [-0.25, -0.2) is 9.97 Å². The average molecular weight is 461 g/mol. The Balaban J connectivity index is 1.13. The van der Waals surface area contributed by atoms with Gasteiger partial charge in [0.2, 0.25) is 0 Å². The van der Waals surface area contributed by atoms with Crippen LogP contribution in [0.1, 0.15) is 63.3 Å². The van der Waals surface area contributed by atoms with E-state index < -0.39 is 0 Å². The SMILES string of the molecule is CC(CCCCCc1ncc(-c2ccc(OC3CCCCO3)cc2)cn1)OCc1ccccc1. The maximum atomic E-state index is 5.95. The minimum atomic E-state index is -0.118.